The molecule has 0 spiro atoms. The molecular formula is C15H5ClF10IN. The van der Waals surface area contributed by atoms with Gasteiger partial charge in [-0.1, -0.05) is 11.6 Å². The highest BCUT2D eigenvalue weighted by Gasteiger charge is 2.74. The number of alkyl halides is 10. The molecule has 2 rings (SSSR count). The summed E-state index contributed by atoms with van der Waals surface area (Å²) in [6, 6.07) is 1.76. The van der Waals surface area contributed by atoms with E-state index >= 15 is 0 Å². The Morgan fingerprint density at radius 1 is 0.857 bits per heavy atom. The fourth-order valence-electron chi connectivity index (χ4n) is 2.35. The van der Waals surface area contributed by atoms with Crippen molar-refractivity contribution in [2.75, 3.05) is 0 Å². The van der Waals surface area contributed by atoms with Gasteiger partial charge in [-0.2, -0.15) is 39.5 Å². The Hall–Kier alpha value is -1.31. The maximum Gasteiger partial charge on any atom is 0.435 e. The number of aromatic nitrogens is 1. The van der Waals surface area contributed by atoms with E-state index < -0.39 is 61.2 Å². The molecule has 0 aliphatic carbocycles. The Balaban J connectivity index is 3.06. The summed E-state index contributed by atoms with van der Waals surface area (Å²) in [6.45, 7) is 0. The molecule has 0 saturated heterocycles. The highest BCUT2D eigenvalue weighted by molar-refractivity contribution is 14.1. The monoisotopic (exact) mass is 551 g/mol. The summed E-state index contributed by atoms with van der Waals surface area (Å²) < 4.78 is 132. The van der Waals surface area contributed by atoms with Gasteiger partial charge in [-0.15, -0.1) is 0 Å². The molecule has 28 heavy (non-hydrogen) atoms. The van der Waals surface area contributed by atoms with Gasteiger partial charge in [-0.05, 0) is 46.9 Å². The maximum absolute atomic E-state index is 14.7. The molecule has 0 aliphatic rings. The zero-order valence-corrected chi connectivity index (χ0v) is 15.8. The van der Waals surface area contributed by atoms with Crippen molar-refractivity contribution in [1.82, 2.24) is 4.98 Å². The van der Waals surface area contributed by atoms with Crippen LogP contribution in [0.25, 0.3) is 11.1 Å². The lowest BCUT2D eigenvalue weighted by atomic mass is 9.86. The van der Waals surface area contributed by atoms with Crippen molar-refractivity contribution in [3.05, 3.63) is 50.3 Å². The topological polar surface area (TPSA) is 12.9 Å². The van der Waals surface area contributed by atoms with Crippen molar-refractivity contribution in [2.24, 2.45) is 0 Å². The van der Waals surface area contributed by atoms with Crippen molar-refractivity contribution in [3.8, 4) is 11.1 Å². The van der Waals surface area contributed by atoms with Gasteiger partial charge in [-0.25, -0.2) is 9.37 Å². The first-order valence-electron chi connectivity index (χ1n) is 6.86. The van der Waals surface area contributed by atoms with E-state index in [4.69, 9.17) is 11.6 Å². The molecule has 1 heterocycles. The molecule has 0 N–H and O–H groups in total. The van der Waals surface area contributed by atoms with Gasteiger partial charge >= 0.3 is 24.2 Å². The maximum atomic E-state index is 14.7. The lowest BCUT2D eigenvalue weighted by Crippen LogP contribution is -2.51. The molecule has 154 valence electrons. The summed E-state index contributed by atoms with van der Waals surface area (Å²) in [5.41, 5.74) is -11.9. The highest BCUT2D eigenvalue weighted by atomic mass is 127. The molecule has 13 heteroatoms. The van der Waals surface area contributed by atoms with Gasteiger partial charge in [0.2, 0.25) is 0 Å². The molecule has 1 aromatic carbocycles. The van der Waals surface area contributed by atoms with Crippen LogP contribution in [0.15, 0.2) is 30.5 Å². The van der Waals surface area contributed by atoms with E-state index in [2.05, 4.69) is 4.98 Å². The van der Waals surface area contributed by atoms with Crippen LogP contribution in [-0.2, 0) is 11.8 Å². The van der Waals surface area contributed by atoms with Crippen LogP contribution >= 0.6 is 34.2 Å². The number of rotatable bonds is 2. The Morgan fingerprint density at radius 3 is 1.82 bits per heavy atom. The molecular weight excluding hydrogens is 547 g/mol. The fraction of sp³-hybridized carbons (Fsp3) is 0.267. The third-order valence-electron chi connectivity index (χ3n) is 3.60. The summed E-state index contributed by atoms with van der Waals surface area (Å²) in [4.78, 5) is 3.47. The van der Waals surface area contributed by atoms with E-state index in [9.17, 15) is 43.9 Å². The molecule has 0 fully saturated rings. The normalized spacial score (nSPS) is 13.7. The third kappa shape index (κ3) is 3.89. The second kappa shape index (κ2) is 7.18. The van der Waals surface area contributed by atoms with Gasteiger partial charge < -0.3 is 0 Å². The van der Waals surface area contributed by atoms with Crippen LogP contribution < -0.4 is 0 Å². The number of hydrogen-bond acceptors (Lipinski definition) is 1. The van der Waals surface area contributed by atoms with E-state index in [1.165, 1.54) is 0 Å². The smallest absolute Gasteiger partial charge is 0.244 e. The van der Waals surface area contributed by atoms with Gasteiger partial charge in [0.25, 0.3) is 0 Å². The van der Waals surface area contributed by atoms with Crippen LogP contribution in [0, 0.1) is 3.57 Å². The SMILES string of the molecule is FC(F)(F)c1cc(I)c(-c2cccnc2Cl)c(C(F)(C(F)(F)F)C(F)(F)F)c1. The van der Waals surface area contributed by atoms with Crippen molar-refractivity contribution >= 4 is 34.2 Å². The number of pyridine rings is 1. The van der Waals surface area contributed by atoms with Gasteiger partial charge in [0.05, 0.1) is 5.56 Å². The number of nitrogens with zero attached hydrogens (tertiary/aromatic N) is 1. The number of hydrogen-bond donors (Lipinski definition) is 0. The first kappa shape index (κ1) is 23.0. The Morgan fingerprint density at radius 2 is 1.39 bits per heavy atom. The summed E-state index contributed by atoms with van der Waals surface area (Å²) in [5, 5.41) is -0.617. The van der Waals surface area contributed by atoms with Crippen molar-refractivity contribution < 1.29 is 43.9 Å². The standard InChI is InChI=1S/C15H5ClF10IN/c16-11-7(2-1-3-28-11)10-8(4-6(5-9(10)27)13(18,19)20)12(17,14(21,22)23)15(24,25)26/h1-5H. The Bertz CT molecular complexity index is 874. The van der Waals surface area contributed by atoms with Gasteiger partial charge in [0.1, 0.15) is 5.15 Å². The average molecular weight is 552 g/mol. The van der Waals surface area contributed by atoms with Crippen molar-refractivity contribution in [1.29, 1.82) is 0 Å². The molecule has 0 unspecified atom stereocenters. The van der Waals surface area contributed by atoms with E-state index in [0.717, 1.165) is 40.9 Å². The zero-order chi connectivity index (χ0) is 21.7. The second-order valence-electron chi connectivity index (χ2n) is 5.37. The minimum atomic E-state index is -6.61. The minimum absolute atomic E-state index is 0.288. The largest absolute Gasteiger partial charge is 0.435 e. The molecule has 0 radical (unpaired) electrons. The predicted molar refractivity (Wildman–Crippen MR) is 87.3 cm³/mol. The predicted octanol–water partition coefficient (Wildman–Crippen LogP) is 7.31. The Kier molecular flexibility index (Phi) is 5.89. The fourth-order valence-corrected chi connectivity index (χ4v) is 3.48. The highest BCUT2D eigenvalue weighted by Crippen LogP contribution is 2.56. The van der Waals surface area contributed by atoms with E-state index in [1.54, 1.807) is 0 Å². The minimum Gasteiger partial charge on any atom is -0.244 e. The molecule has 0 amide bonds. The van der Waals surface area contributed by atoms with E-state index in [-0.39, 0.29) is 6.07 Å². The molecule has 2 aromatic rings. The van der Waals surface area contributed by atoms with E-state index in [0.29, 0.717) is 0 Å². The summed E-state index contributed by atoms with van der Waals surface area (Å²) in [5.74, 6) is 0. The lowest BCUT2D eigenvalue weighted by Gasteiger charge is -2.33. The second-order valence-corrected chi connectivity index (χ2v) is 6.89. The number of benzene rings is 1. The molecule has 0 saturated carbocycles. The first-order chi connectivity index (χ1) is 12.5. The van der Waals surface area contributed by atoms with Crippen LogP contribution in [0.2, 0.25) is 5.15 Å². The quantitative estimate of drug-likeness (QED) is 0.217. The van der Waals surface area contributed by atoms with Crippen molar-refractivity contribution in [3.63, 3.8) is 0 Å². The molecule has 0 aliphatic heterocycles. The molecule has 1 aromatic heterocycles. The van der Waals surface area contributed by atoms with E-state index in [1.807, 2.05) is 0 Å². The molecule has 0 bridgehead atoms. The van der Waals surface area contributed by atoms with Gasteiger partial charge in [-0.3, -0.25) is 0 Å². The van der Waals surface area contributed by atoms with Crippen LogP contribution in [0.5, 0.6) is 0 Å². The third-order valence-corrected chi connectivity index (χ3v) is 4.75. The summed E-state index contributed by atoms with van der Waals surface area (Å²) in [7, 11) is 0. The average Bonchev–Trinajstić information content (AvgIpc) is 2.51. The van der Waals surface area contributed by atoms with Gasteiger partial charge in [0.15, 0.2) is 0 Å². The van der Waals surface area contributed by atoms with Crippen LogP contribution in [0.1, 0.15) is 11.1 Å². The Labute approximate surface area is 168 Å². The number of halogens is 12. The lowest BCUT2D eigenvalue weighted by molar-refractivity contribution is -0.348. The van der Waals surface area contributed by atoms with Crippen LogP contribution in [0.3, 0.4) is 0 Å². The first-order valence-corrected chi connectivity index (χ1v) is 8.32. The summed E-state index contributed by atoms with van der Waals surface area (Å²) >= 11 is 6.77. The zero-order valence-electron chi connectivity index (χ0n) is 12.9. The summed E-state index contributed by atoms with van der Waals surface area (Å²) in [6.07, 6.45) is -17.5. The van der Waals surface area contributed by atoms with Gasteiger partial charge in [0, 0.05) is 26.5 Å². The van der Waals surface area contributed by atoms with Crippen LogP contribution in [-0.4, -0.2) is 17.3 Å². The van der Waals surface area contributed by atoms with Crippen LogP contribution in [0.4, 0.5) is 43.9 Å². The van der Waals surface area contributed by atoms with Crippen molar-refractivity contribution in [2.45, 2.75) is 24.2 Å². The molecule has 0 atom stereocenters. The molecule has 1 nitrogen and oxygen atoms in total.